The van der Waals surface area contributed by atoms with Crippen LogP contribution in [0.25, 0.3) is 0 Å². The van der Waals surface area contributed by atoms with Crippen molar-refractivity contribution in [3.05, 3.63) is 0 Å². The van der Waals surface area contributed by atoms with Crippen molar-refractivity contribution < 1.29 is 19.1 Å². The maximum absolute atomic E-state index is 11.3. The molecule has 1 heterocycles. The minimum absolute atomic E-state index is 0.0922. The van der Waals surface area contributed by atoms with Gasteiger partial charge < -0.3 is 9.47 Å². The molecule has 0 aromatic heterocycles. The molecule has 2 atom stereocenters. The number of rotatable bonds is 3. The Morgan fingerprint density at radius 1 is 1.38 bits per heavy atom. The number of ether oxygens (including phenoxy) is 2. The van der Waals surface area contributed by atoms with Crippen LogP contribution in [0.15, 0.2) is 0 Å². The van der Waals surface area contributed by atoms with Crippen molar-refractivity contribution in [1.29, 1.82) is 0 Å². The van der Waals surface area contributed by atoms with Gasteiger partial charge in [-0.3, -0.25) is 4.79 Å². The largest absolute Gasteiger partial charge is 0.467 e. The molecule has 13 heavy (non-hydrogen) atoms. The van der Waals surface area contributed by atoms with E-state index in [0.717, 1.165) is 0 Å². The fraction of sp³-hybridized carbons (Fsp3) is 0.750. The number of carbonyl (C=O) groups excluding carboxylic acids is 2. The maximum atomic E-state index is 11.3. The monoisotopic (exact) mass is 204 g/mol. The lowest BCUT2D eigenvalue weighted by atomic mass is 10.3. The second kappa shape index (κ2) is 4.11. The molecule has 1 aliphatic rings. The first-order valence-electron chi connectivity index (χ1n) is 4.00. The molecule has 5 heteroatoms. The van der Waals surface area contributed by atoms with Crippen molar-refractivity contribution in [3.63, 3.8) is 0 Å². The van der Waals surface area contributed by atoms with Crippen LogP contribution < -0.4 is 0 Å². The summed E-state index contributed by atoms with van der Waals surface area (Å²) in [6.45, 7) is 3.83. The Labute approximate surface area is 81.0 Å². The highest BCUT2D eigenvalue weighted by Crippen LogP contribution is 2.29. The SMILES string of the molecule is COC(=O)C1OC1C(=O)SC(C)C. The highest BCUT2D eigenvalue weighted by Gasteiger charge is 2.51. The molecule has 0 amide bonds. The Morgan fingerprint density at radius 3 is 2.46 bits per heavy atom. The Bertz CT molecular complexity index is 226. The summed E-state index contributed by atoms with van der Waals surface area (Å²) in [5.41, 5.74) is 0. The van der Waals surface area contributed by atoms with Crippen molar-refractivity contribution in [1.82, 2.24) is 0 Å². The second-order valence-electron chi connectivity index (χ2n) is 2.99. The third kappa shape index (κ3) is 2.70. The fourth-order valence-electron chi connectivity index (χ4n) is 0.886. The maximum Gasteiger partial charge on any atom is 0.338 e. The van der Waals surface area contributed by atoms with Gasteiger partial charge in [0.2, 0.25) is 5.12 Å². The van der Waals surface area contributed by atoms with Crippen molar-refractivity contribution in [2.45, 2.75) is 31.3 Å². The van der Waals surface area contributed by atoms with Crippen LogP contribution in [0, 0.1) is 0 Å². The molecule has 1 saturated heterocycles. The topological polar surface area (TPSA) is 55.9 Å². The van der Waals surface area contributed by atoms with Crippen LogP contribution in [-0.2, 0) is 19.1 Å². The molecule has 0 saturated carbocycles. The lowest BCUT2D eigenvalue weighted by Gasteiger charge is -1.99. The average Bonchev–Trinajstić information content (AvgIpc) is 2.80. The minimum Gasteiger partial charge on any atom is -0.467 e. The van der Waals surface area contributed by atoms with E-state index >= 15 is 0 Å². The standard InChI is InChI=1S/C8H12O4S/c1-4(2)13-8(10)6-5(12-6)7(9)11-3/h4-6H,1-3H3. The molecule has 0 spiro atoms. The highest BCUT2D eigenvalue weighted by molar-refractivity contribution is 8.14. The van der Waals surface area contributed by atoms with E-state index in [-0.39, 0.29) is 10.4 Å². The molecule has 74 valence electrons. The normalized spacial score (nSPS) is 25.8. The van der Waals surface area contributed by atoms with Gasteiger partial charge in [0.15, 0.2) is 12.2 Å². The van der Waals surface area contributed by atoms with Crippen LogP contribution >= 0.6 is 11.8 Å². The molecular weight excluding hydrogens is 192 g/mol. The van der Waals surface area contributed by atoms with Crippen LogP contribution in [0.1, 0.15) is 13.8 Å². The van der Waals surface area contributed by atoms with Crippen molar-refractivity contribution in [2.24, 2.45) is 0 Å². The zero-order chi connectivity index (χ0) is 10.0. The van der Waals surface area contributed by atoms with Crippen molar-refractivity contribution in [3.8, 4) is 0 Å². The molecule has 0 bridgehead atoms. The third-order valence-electron chi connectivity index (χ3n) is 1.51. The first-order valence-corrected chi connectivity index (χ1v) is 4.88. The van der Waals surface area contributed by atoms with E-state index in [1.54, 1.807) is 0 Å². The number of carbonyl (C=O) groups is 2. The van der Waals surface area contributed by atoms with Gasteiger partial charge in [0.05, 0.1) is 7.11 Å². The highest BCUT2D eigenvalue weighted by atomic mass is 32.2. The molecule has 4 nitrogen and oxygen atoms in total. The Balaban J connectivity index is 2.34. The summed E-state index contributed by atoms with van der Waals surface area (Å²) in [5, 5.41) is 0.125. The van der Waals surface area contributed by atoms with Crippen molar-refractivity contribution in [2.75, 3.05) is 7.11 Å². The molecule has 0 N–H and O–H groups in total. The number of esters is 1. The number of thioether (sulfide) groups is 1. The van der Waals surface area contributed by atoms with E-state index in [9.17, 15) is 9.59 Å². The average molecular weight is 204 g/mol. The Morgan fingerprint density at radius 2 is 2.00 bits per heavy atom. The molecule has 1 fully saturated rings. The smallest absolute Gasteiger partial charge is 0.338 e. The first-order chi connectivity index (χ1) is 6.06. The fourth-order valence-corrected chi connectivity index (χ4v) is 1.66. The summed E-state index contributed by atoms with van der Waals surface area (Å²) in [7, 11) is 1.28. The summed E-state index contributed by atoms with van der Waals surface area (Å²) in [6, 6.07) is 0. The number of epoxide rings is 1. The summed E-state index contributed by atoms with van der Waals surface area (Å²) in [6.07, 6.45) is -1.25. The molecule has 1 aliphatic heterocycles. The zero-order valence-electron chi connectivity index (χ0n) is 7.77. The summed E-state index contributed by atoms with van der Waals surface area (Å²) in [5.74, 6) is -0.470. The Hall–Kier alpha value is -0.550. The van der Waals surface area contributed by atoms with Crippen LogP contribution in [0.2, 0.25) is 0 Å². The summed E-state index contributed by atoms with van der Waals surface area (Å²) < 4.78 is 9.32. The van der Waals surface area contributed by atoms with Crippen LogP contribution in [0.4, 0.5) is 0 Å². The number of hydrogen-bond acceptors (Lipinski definition) is 5. The van der Waals surface area contributed by atoms with E-state index in [1.807, 2.05) is 13.8 Å². The second-order valence-corrected chi connectivity index (χ2v) is 4.57. The summed E-state index contributed by atoms with van der Waals surface area (Å²) >= 11 is 1.18. The van der Waals surface area contributed by atoms with Gasteiger partial charge in [-0.2, -0.15) is 0 Å². The van der Waals surface area contributed by atoms with Crippen LogP contribution in [0.5, 0.6) is 0 Å². The van der Waals surface area contributed by atoms with Gasteiger partial charge in [-0.15, -0.1) is 0 Å². The summed E-state index contributed by atoms with van der Waals surface area (Å²) in [4.78, 5) is 22.1. The van der Waals surface area contributed by atoms with Gasteiger partial charge in [0, 0.05) is 5.25 Å². The van der Waals surface area contributed by atoms with Gasteiger partial charge in [-0.25, -0.2) is 4.79 Å². The van der Waals surface area contributed by atoms with Gasteiger partial charge >= 0.3 is 5.97 Å². The van der Waals surface area contributed by atoms with Gasteiger partial charge in [-0.05, 0) is 0 Å². The van der Waals surface area contributed by atoms with Gasteiger partial charge in [0.25, 0.3) is 0 Å². The minimum atomic E-state index is -0.663. The van der Waals surface area contributed by atoms with Gasteiger partial charge in [0.1, 0.15) is 0 Å². The molecule has 0 aliphatic carbocycles. The van der Waals surface area contributed by atoms with E-state index in [4.69, 9.17) is 4.74 Å². The molecule has 0 radical (unpaired) electrons. The molecular formula is C8H12O4S. The van der Waals surface area contributed by atoms with Crippen molar-refractivity contribution >= 4 is 22.8 Å². The Kier molecular flexibility index (Phi) is 3.33. The van der Waals surface area contributed by atoms with Gasteiger partial charge in [-0.1, -0.05) is 25.6 Å². The molecule has 1 rings (SSSR count). The molecule has 0 aromatic rings. The zero-order valence-corrected chi connectivity index (χ0v) is 8.59. The van der Waals surface area contributed by atoms with Crippen LogP contribution in [0.3, 0.4) is 0 Å². The lowest BCUT2D eigenvalue weighted by Crippen LogP contribution is -2.16. The van der Waals surface area contributed by atoms with E-state index < -0.39 is 18.2 Å². The predicted molar refractivity (Wildman–Crippen MR) is 48.4 cm³/mol. The lowest BCUT2D eigenvalue weighted by molar-refractivity contribution is -0.142. The first kappa shape index (κ1) is 10.5. The molecule has 2 unspecified atom stereocenters. The van der Waals surface area contributed by atoms with Crippen LogP contribution in [-0.4, -0.2) is 35.7 Å². The molecule has 0 aromatic carbocycles. The predicted octanol–water partition coefficient (Wildman–Crippen LogP) is 0.595. The quantitative estimate of drug-likeness (QED) is 0.497. The number of hydrogen-bond donors (Lipinski definition) is 0. The number of methoxy groups -OCH3 is 1. The van der Waals surface area contributed by atoms with E-state index in [1.165, 1.54) is 18.9 Å². The van der Waals surface area contributed by atoms with E-state index in [0.29, 0.717) is 0 Å². The third-order valence-corrected chi connectivity index (χ3v) is 2.45. The van der Waals surface area contributed by atoms with E-state index in [2.05, 4.69) is 4.74 Å².